The number of hydrogen-bond acceptors (Lipinski definition) is 7. The van der Waals surface area contributed by atoms with E-state index in [2.05, 4.69) is 143 Å². The van der Waals surface area contributed by atoms with Gasteiger partial charge < -0.3 is 18.0 Å². The molecule has 0 bridgehead atoms. The van der Waals surface area contributed by atoms with Gasteiger partial charge in [0.15, 0.2) is 17.5 Å². The Labute approximate surface area is 456 Å². The third kappa shape index (κ3) is 6.85. The van der Waals surface area contributed by atoms with Crippen LogP contribution in [0.1, 0.15) is 11.1 Å². The lowest BCUT2D eigenvalue weighted by atomic mass is 9.96. The fourth-order valence-corrected chi connectivity index (χ4v) is 12.1. The first-order chi connectivity index (χ1) is 39.6. The zero-order valence-corrected chi connectivity index (χ0v) is 42.5. The van der Waals surface area contributed by atoms with Crippen molar-refractivity contribution >= 4 is 87.5 Å². The molecule has 0 amide bonds. The third-order valence-corrected chi connectivity index (χ3v) is 15.6. The highest BCUT2D eigenvalue weighted by Gasteiger charge is 2.25. The standard InChI is InChI=1S/C71H39N7O2/c72-40-42-14-12-18-45(36-42)49-30-28-47(77-59-24-8-4-22-55(59)65-61(77)34-32-53-51-20-6-10-26-63(51)79-67(53)65)38-57(49)70-74-69(44-16-2-1-3-17-44)75-71(76-70)58-39-48(29-31-50(58)46-19-13-15-43(37-46)41-73)78-60-25-9-5-23-56(60)66-62(78)35-33-54-52-21-7-11-27-64(52)80-68(54)66/h1-39H. The van der Waals surface area contributed by atoms with E-state index < -0.39 is 0 Å². The monoisotopic (exact) mass is 1020 g/mol. The fourth-order valence-electron chi connectivity index (χ4n) is 12.1. The van der Waals surface area contributed by atoms with Crippen LogP contribution in [0.25, 0.3) is 155 Å². The summed E-state index contributed by atoms with van der Waals surface area (Å²) in [5, 5.41) is 28.9. The Balaban J connectivity index is 0.975. The molecule has 9 nitrogen and oxygen atoms in total. The van der Waals surface area contributed by atoms with E-state index in [4.69, 9.17) is 23.8 Å². The van der Waals surface area contributed by atoms with Crippen LogP contribution in [-0.4, -0.2) is 24.1 Å². The van der Waals surface area contributed by atoms with Crippen LogP contribution in [0.2, 0.25) is 0 Å². The second-order valence-electron chi connectivity index (χ2n) is 20.1. The fraction of sp³-hybridized carbons (Fsp3) is 0. The molecule has 11 aromatic carbocycles. The molecule has 80 heavy (non-hydrogen) atoms. The van der Waals surface area contributed by atoms with E-state index in [0.717, 1.165) is 138 Å². The molecule has 5 heterocycles. The number of hydrogen-bond donors (Lipinski definition) is 0. The van der Waals surface area contributed by atoms with Crippen LogP contribution < -0.4 is 0 Å². The van der Waals surface area contributed by atoms with E-state index in [1.165, 1.54) is 0 Å². The lowest BCUT2D eigenvalue weighted by molar-refractivity contribution is 0.672. The minimum Gasteiger partial charge on any atom is -0.455 e. The average molecular weight is 1020 g/mol. The van der Waals surface area contributed by atoms with E-state index in [-0.39, 0.29) is 0 Å². The minimum absolute atomic E-state index is 0.430. The Morgan fingerprint density at radius 1 is 0.312 bits per heavy atom. The van der Waals surface area contributed by atoms with E-state index in [0.29, 0.717) is 28.6 Å². The summed E-state index contributed by atoms with van der Waals surface area (Å²) in [6.45, 7) is 0. The number of benzene rings is 11. The van der Waals surface area contributed by atoms with Crippen LogP contribution in [0, 0.1) is 22.7 Å². The van der Waals surface area contributed by atoms with E-state index in [1.807, 2.05) is 115 Å². The Kier molecular flexibility index (Phi) is 9.86. The summed E-state index contributed by atoms with van der Waals surface area (Å²) in [5.74, 6) is 1.34. The topological polar surface area (TPSA) is 122 Å². The quantitative estimate of drug-likeness (QED) is 0.156. The highest BCUT2D eigenvalue weighted by atomic mass is 16.3. The summed E-state index contributed by atoms with van der Waals surface area (Å²) in [6, 6.07) is 84.7. The minimum atomic E-state index is 0.430. The predicted molar refractivity (Wildman–Crippen MR) is 320 cm³/mol. The van der Waals surface area contributed by atoms with Gasteiger partial charge >= 0.3 is 0 Å². The maximum atomic E-state index is 10.2. The third-order valence-electron chi connectivity index (χ3n) is 15.6. The molecule has 0 spiro atoms. The van der Waals surface area contributed by atoms with Crippen molar-refractivity contribution in [2.45, 2.75) is 0 Å². The van der Waals surface area contributed by atoms with Gasteiger partial charge in [0.2, 0.25) is 0 Å². The zero-order valence-electron chi connectivity index (χ0n) is 42.5. The molecule has 5 aromatic heterocycles. The first-order valence-corrected chi connectivity index (χ1v) is 26.4. The second kappa shape index (κ2) is 17.6. The van der Waals surface area contributed by atoms with Gasteiger partial charge in [0, 0.05) is 60.4 Å². The molecule has 370 valence electrons. The maximum Gasteiger partial charge on any atom is 0.164 e. The first kappa shape index (κ1) is 44.9. The van der Waals surface area contributed by atoms with Crippen LogP contribution in [0.3, 0.4) is 0 Å². The van der Waals surface area contributed by atoms with Gasteiger partial charge in [-0.1, -0.05) is 140 Å². The van der Waals surface area contributed by atoms with Gasteiger partial charge in [-0.15, -0.1) is 0 Å². The molecular weight excluding hydrogens is 983 g/mol. The van der Waals surface area contributed by atoms with Crippen LogP contribution in [0.4, 0.5) is 0 Å². The summed E-state index contributed by atoms with van der Waals surface area (Å²) in [7, 11) is 0. The molecule has 16 rings (SSSR count). The normalized spacial score (nSPS) is 11.7. The summed E-state index contributed by atoms with van der Waals surface area (Å²) >= 11 is 0. The largest absolute Gasteiger partial charge is 0.455 e. The molecule has 0 radical (unpaired) electrons. The van der Waals surface area contributed by atoms with E-state index in [1.54, 1.807) is 0 Å². The molecule has 9 heteroatoms. The number of aromatic nitrogens is 5. The van der Waals surface area contributed by atoms with Crippen molar-refractivity contribution in [1.82, 2.24) is 24.1 Å². The summed E-state index contributed by atoms with van der Waals surface area (Å²) in [6.07, 6.45) is 0. The van der Waals surface area contributed by atoms with Gasteiger partial charge in [-0.2, -0.15) is 10.5 Å². The smallest absolute Gasteiger partial charge is 0.164 e. The lowest BCUT2D eigenvalue weighted by Gasteiger charge is -2.17. The van der Waals surface area contributed by atoms with Gasteiger partial charge in [0.05, 0.1) is 56.1 Å². The zero-order chi connectivity index (χ0) is 53.0. The number of furan rings is 2. The number of para-hydroxylation sites is 4. The van der Waals surface area contributed by atoms with Crippen molar-refractivity contribution in [3.63, 3.8) is 0 Å². The summed E-state index contributed by atoms with van der Waals surface area (Å²) in [4.78, 5) is 16.4. The van der Waals surface area contributed by atoms with Crippen molar-refractivity contribution in [3.05, 3.63) is 248 Å². The lowest BCUT2D eigenvalue weighted by Crippen LogP contribution is -2.04. The van der Waals surface area contributed by atoms with Gasteiger partial charge in [-0.3, -0.25) is 0 Å². The maximum absolute atomic E-state index is 10.2. The molecule has 16 aromatic rings. The van der Waals surface area contributed by atoms with Gasteiger partial charge in [-0.25, -0.2) is 15.0 Å². The SMILES string of the molecule is N#Cc1cccc(-c2ccc(-n3c4ccccc4c4c5oc6ccccc6c5ccc43)cc2-c2nc(-c3ccccc3)nc(-c3cc(-n4c5ccccc5c5c6oc7ccccc7c6ccc54)ccc3-c3cccc(C#N)c3)n2)c1. The van der Waals surface area contributed by atoms with Crippen molar-refractivity contribution in [1.29, 1.82) is 10.5 Å². The van der Waals surface area contributed by atoms with Gasteiger partial charge in [0.25, 0.3) is 0 Å². The predicted octanol–water partition coefficient (Wildman–Crippen LogP) is 17.9. The van der Waals surface area contributed by atoms with Crippen LogP contribution in [-0.2, 0) is 0 Å². The molecule has 0 saturated heterocycles. The molecule has 0 N–H and O–H groups in total. The number of rotatable bonds is 7. The summed E-state index contributed by atoms with van der Waals surface area (Å²) < 4.78 is 18.0. The second-order valence-corrected chi connectivity index (χ2v) is 20.1. The van der Waals surface area contributed by atoms with Crippen LogP contribution in [0.5, 0.6) is 0 Å². The Morgan fingerprint density at radius 2 is 0.738 bits per heavy atom. The molecule has 0 aliphatic heterocycles. The van der Waals surface area contributed by atoms with Crippen LogP contribution in [0.15, 0.2) is 245 Å². The average Bonchev–Trinajstić information content (AvgIpc) is 4.41. The molecular formula is C71H39N7O2. The van der Waals surface area contributed by atoms with Crippen molar-refractivity contribution in [2.75, 3.05) is 0 Å². The van der Waals surface area contributed by atoms with Crippen molar-refractivity contribution in [3.8, 4) is 79.9 Å². The molecule has 0 aliphatic carbocycles. The Morgan fingerprint density at radius 3 is 1.23 bits per heavy atom. The number of nitrogens with zero attached hydrogens (tertiary/aromatic N) is 7. The molecule has 0 aliphatic rings. The number of nitriles is 2. The van der Waals surface area contributed by atoms with Gasteiger partial charge in [-0.05, 0) is 119 Å². The summed E-state index contributed by atoms with van der Waals surface area (Å²) in [5.41, 5.74) is 15.8. The highest BCUT2D eigenvalue weighted by molar-refractivity contribution is 6.25. The van der Waals surface area contributed by atoms with E-state index >= 15 is 0 Å². The Bertz CT molecular complexity index is 5050. The van der Waals surface area contributed by atoms with E-state index in [9.17, 15) is 10.5 Å². The molecule has 0 saturated carbocycles. The van der Waals surface area contributed by atoms with Gasteiger partial charge in [0.1, 0.15) is 22.3 Å². The molecule has 0 unspecified atom stereocenters. The molecule has 0 atom stereocenters. The van der Waals surface area contributed by atoms with Crippen molar-refractivity contribution < 1.29 is 8.83 Å². The Hall–Kier alpha value is -11.4. The highest BCUT2D eigenvalue weighted by Crippen LogP contribution is 2.45. The van der Waals surface area contributed by atoms with Crippen LogP contribution >= 0.6 is 0 Å². The van der Waals surface area contributed by atoms with Crippen molar-refractivity contribution in [2.24, 2.45) is 0 Å². The molecule has 0 fully saturated rings. The first-order valence-electron chi connectivity index (χ1n) is 26.4. The number of fused-ring (bicyclic) bond motifs is 14.